The molecule has 0 saturated heterocycles. The van der Waals surface area contributed by atoms with Crippen LogP contribution in [0.5, 0.6) is 0 Å². The lowest BCUT2D eigenvalue weighted by Gasteiger charge is -2.14. The SMILES string of the molecule is O=C(NCCC=Cc1ccc2[nH]ccc2c1)OCC1c2ccccc2-c2ccccc21. The Hall–Kier alpha value is -3.79. The summed E-state index contributed by atoms with van der Waals surface area (Å²) in [5.41, 5.74) is 7.19. The van der Waals surface area contributed by atoms with Gasteiger partial charge >= 0.3 is 6.09 Å². The predicted molar refractivity (Wildman–Crippen MR) is 125 cm³/mol. The van der Waals surface area contributed by atoms with Gasteiger partial charge in [-0.05, 0) is 57.8 Å². The maximum absolute atomic E-state index is 12.2. The van der Waals surface area contributed by atoms with Crippen LogP contribution < -0.4 is 5.32 Å². The van der Waals surface area contributed by atoms with E-state index < -0.39 is 0 Å². The molecule has 1 aliphatic carbocycles. The molecule has 1 aliphatic rings. The lowest BCUT2D eigenvalue weighted by Crippen LogP contribution is -2.26. The summed E-state index contributed by atoms with van der Waals surface area (Å²) in [5.74, 6) is 0.0846. The van der Waals surface area contributed by atoms with Crippen molar-refractivity contribution in [3.63, 3.8) is 0 Å². The zero-order valence-electron chi connectivity index (χ0n) is 17.2. The summed E-state index contributed by atoms with van der Waals surface area (Å²) in [7, 11) is 0. The van der Waals surface area contributed by atoms with E-state index in [4.69, 9.17) is 4.74 Å². The molecule has 4 aromatic rings. The number of carbonyl (C=O) groups excluding carboxylic acids is 1. The molecule has 0 spiro atoms. The topological polar surface area (TPSA) is 54.1 Å². The Kier molecular flexibility index (Phi) is 5.28. The Morgan fingerprint density at radius 1 is 0.968 bits per heavy atom. The number of hydrogen-bond donors (Lipinski definition) is 2. The van der Waals surface area contributed by atoms with Crippen molar-refractivity contribution in [2.45, 2.75) is 12.3 Å². The number of rotatable bonds is 6. The van der Waals surface area contributed by atoms with Gasteiger partial charge in [-0.3, -0.25) is 0 Å². The molecule has 0 aliphatic heterocycles. The maximum Gasteiger partial charge on any atom is 0.407 e. The van der Waals surface area contributed by atoms with E-state index in [1.165, 1.54) is 27.6 Å². The Bertz CT molecular complexity index is 1210. The van der Waals surface area contributed by atoms with Crippen LogP contribution in [0.25, 0.3) is 28.1 Å². The second-order valence-corrected chi connectivity index (χ2v) is 7.77. The summed E-state index contributed by atoms with van der Waals surface area (Å²) in [4.78, 5) is 15.4. The molecule has 0 saturated carbocycles. The van der Waals surface area contributed by atoms with Gasteiger partial charge in [0.05, 0.1) is 0 Å². The van der Waals surface area contributed by atoms with Crippen LogP contribution in [-0.2, 0) is 4.74 Å². The molecular weight excluding hydrogens is 384 g/mol. The average Bonchev–Trinajstić information content (AvgIpc) is 3.40. The Morgan fingerprint density at radius 3 is 2.48 bits per heavy atom. The van der Waals surface area contributed by atoms with Gasteiger partial charge < -0.3 is 15.0 Å². The third-order valence-corrected chi connectivity index (χ3v) is 5.81. The molecule has 31 heavy (non-hydrogen) atoms. The van der Waals surface area contributed by atoms with Crippen LogP contribution in [0, 0.1) is 0 Å². The number of carbonyl (C=O) groups is 1. The Morgan fingerprint density at radius 2 is 1.71 bits per heavy atom. The van der Waals surface area contributed by atoms with Crippen molar-refractivity contribution in [2.75, 3.05) is 13.2 Å². The highest BCUT2D eigenvalue weighted by Crippen LogP contribution is 2.44. The van der Waals surface area contributed by atoms with E-state index >= 15 is 0 Å². The minimum atomic E-state index is -0.371. The van der Waals surface area contributed by atoms with E-state index in [0.29, 0.717) is 13.2 Å². The van der Waals surface area contributed by atoms with E-state index in [-0.39, 0.29) is 12.0 Å². The molecular formula is C27H24N2O2. The van der Waals surface area contributed by atoms with Crippen molar-refractivity contribution in [2.24, 2.45) is 0 Å². The number of aromatic nitrogens is 1. The van der Waals surface area contributed by atoms with Gasteiger partial charge in [-0.15, -0.1) is 0 Å². The molecule has 1 amide bonds. The summed E-state index contributed by atoms with van der Waals surface area (Å²) >= 11 is 0. The normalized spacial score (nSPS) is 12.8. The lowest BCUT2D eigenvalue weighted by atomic mass is 9.98. The van der Waals surface area contributed by atoms with Crippen LogP contribution in [0.1, 0.15) is 29.0 Å². The van der Waals surface area contributed by atoms with E-state index in [1.807, 2.05) is 18.3 Å². The number of benzene rings is 3. The number of hydrogen-bond acceptors (Lipinski definition) is 2. The molecule has 0 radical (unpaired) electrons. The lowest BCUT2D eigenvalue weighted by molar-refractivity contribution is 0.143. The predicted octanol–water partition coefficient (Wildman–Crippen LogP) is 6.11. The highest BCUT2D eigenvalue weighted by Gasteiger charge is 2.28. The second kappa shape index (κ2) is 8.52. The molecule has 0 unspecified atom stereocenters. The number of amides is 1. The van der Waals surface area contributed by atoms with E-state index in [0.717, 1.165) is 17.5 Å². The summed E-state index contributed by atoms with van der Waals surface area (Å²) in [5, 5.41) is 4.04. The van der Waals surface area contributed by atoms with Gasteiger partial charge in [-0.25, -0.2) is 4.79 Å². The number of fused-ring (bicyclic) bond motifs is 4. The molecule has 154 valence electrons. The summed E-state index contributed by atoms with van der Waals surface area (Å²) in [6, 6.07) is 25.0. The van der Waals surface area contributed by atoms with Crippen molar-refractivity contribution in [3.8, 4) is 11.1 Å². The number of alkyl carbamates (subject to hydrolysis) is 1. The first-order chi connectivity index (χ1) is 15.3. The van der Waals surface area contributed by atoms with Gasteiger partial charge in [0.1, 0.15) is 6.61 Å². The fraction of sp³-hybridized carbons (Fsp3) is 0.148. The van der Waals surface area contributed by atoms with Crippen LogP contribution in [-0.4, -0.2) is 24.2 Å². The van der Waals surface area contributed by atoms with Gasteiger partial charge in [0.15, 0.2) is 0 Å². The highest BCUT2D eigenvalue weighted by atomic mass is 16.5. The van der Waals surface area contributed by atoms with Gasteiger partial charge in [0, 0.05) is 24.2 Å². The first-order valence-electron chi connectivity index (χ1n) is 10.6. The summed E-state index contributed by atoms with van der Waals surface area (Å²) in [6.45, 7) is 0.881. The average molecular weight is 409 g/mol. The van der Waals surface area contributed by atoms with Gasteiger partial charge in [-0.2, -0.15) is 0 Å². The second-order valence-electron chi connectivity index (χ2n) is 7.77. The first-order valence-corrected chi connectivity index (χ1v) is 10.6. The molecule has 2 N–H and O–H groups in total. The summed E-state index contributed by atoms with van der Waals surface area (Å²) in [6.07, 6.45) is 6.46. The minimum absolute atomic E-state index is 0.0846. The van der Waals surface area contributed by atoms with Crippen molar-refractivity contribution < 1.29 is 9.53 Å². The number of nitrogens with one attached hydrogen (secondary N) is 2. The minimum Gasteiger partial charge on any atom is -0.449 e. The van der Waals surface area contributed by atoms with Crippen molar-refractivity contribution in [3.05, 3.63) is 102 Å². The van der Waals surface area contributed by atoms with Gasteiger partial charge in [-0.1, -0.05) is 66.7 Å². The largest absolute Gasteiger partial charge is 0.449 e. The first kappa shape index (κ1) is 19.2. The third-order valence-electron chi connectivity index (χ3n) is 5.81. The number of ether oxygens (including phenoxy) is 1. The molecule has 4 heteroatoms. The number of aromatic amines is 1. The van der Waals surface area contributed by atoms with Crippen LogP contribution in [0.3, 0.4) is 0 Å². The van der Waals surface area contributed by atoms with Crippen molar-refractivity contribution in [1.82, 2.24) is 10.3 Å². The van der Waals surface area contributed by atoms with Crippen LogP contribution in [0.15, 0.2) is 85.1 Å². The fourth-order valence-electron chi connectivity index (χ4n) is 4.30. The van der Waals surface area contributed by atoms with Crippen LogP contribution >= 0.6 is 0 Å². The number of H-pyrrole nitrogens is 1. The van der Waals surface area contributed by atoms with Gasteiger partial charge in [0.2, 0.25) is 0 Å². The van der Waals surface area contributed by atoms with E-state index in [2.05, 4.69) is 83.1 Å². The van der Waals surface area contributed by atoms with E-state index in [9.17, 15) is 4.79 Å². The fourth-order valence-corrected chi connectivity index (χ4v) is 4.30. The van der Waals surface area contributed by atoms with Crippen molar-refractivity contribution >= 4 is 23.1 Å². The van der Waals surface area contributed by atoms with Crippen molar-refractivity contribution in [1.29, 1.82) is 0 Å². The highest BCUT2D eigenvalue weighted by molar-refractivity contribution is 5.82. The molecule has 3 aromatic carbocycles. The smallest absolute Gasteiger partial charge is 0.407 e. The quantitative estimate of drug-likeness (QED) is 0.378. The standard InChI is InChI=1S/C27H24N2O2/c30-27(29-15-6-5-7-19-12-13-26-20(17-19)14-16-28-26)31-18-25-23-10-3-1-8-21(23)22-9-2-4-11-24(22)25/h1-5,7-14,16-17,25,28H,6,15,18H2,(H,29,30). The van der Waals surface area contributed by atoms with Crippen LogP contribution in [0.2, 0.25) is 0 Å². The molecule has 1 heterocycles. The zero-order valence-corrected chi connectivity index (χ0v) is 17.2. The molecule has 5 rings (SSSR count). The summed E-state index contributed by atoms with van der Waals surface area (Å²) < 4.78 is 5.57. The molecule has 0 atom stereocenters. The monoisotopic (exact) mass is 408 g/mol. The van der Waals surface area contributed by atoms with Crippen LogP contribution in [0.4, 0.5) is 4.79 Å². The van der Waals surface area contributed by atoms with Gasteiger partial charge in [0.25, 0.3) is 0 Å². The van der Waals surface area contributed by atoms with E-state index in [1.54, 1.807) is 0 Å². The maximum atomic E-state index is 12.2. The zero-order chi connectivity index (χ0) is 21.0. The molecule has 0 fully saturated rings. The Labute approximate surface area is 181 Å². The molecule has 4 nitrogen and oxygen atoms in total. The third kappa shape index (κ3) is 3.97. The Balaban J connectivity index is 1.12. The molecule has 1 aromatic heterocycles. The molecule has 0 bridgehead atoms.